The number of amides is 5. The summed E-state index contributed by atoms with van der Waals surface area (Å²) in [4.78, 5) is 61.9. The van der Waals surface area contributed by atoms with Gasteiger partial charge in [-0.2, -0.15) is 0 Å². The maximum absolute atomic E-state index is 12.9. The number of carbonyl (C=O) groups is 5. The molecule has 0 aliphatic carbocycles. The lowest BCUT2D eigenvalue weighted by Gasteiger charge is -2.26. The summed E-state index contributed by atoms with van der Waals surface area (Å²) < 4.78 is 0. The van der Waals surface area contributed by atoms with Crippen LogP contribution in [0, 0.1) is 0 Å². The van der Waals surface area contributed by atoms with E-state index in [1.807, 2.05) is 4.90 Å². The van der Waals surface area contributed by atoms with Crippen LogP contribution in [0.5, 0.6) is 0 Å². The van der Waals surface area contributed by atoms with Crippen molar-refractivity contribution in [3.63, 3.8) is 0 Å². The molecule has 34 heavy (non-hydrogen) atoms. The van der Waals surface area contributed by atoms with E-state index in [2.05, 4.69) is 47.6 Å². The van der Waals surface area contributed by atoms with Gasteiger partial charge in [0.05, 0.1) is 0 Å². The van der Waals surface area contributed by atoms with E-state index in [-0.39, 0.29) is 62.1 Å². The lowest BCUT2D eigenvalue weighted by atomic mass is 10.3. The summed E-state index contributed by atoms with van der Waals surface area (Å²) in [6, 6.07) is 0. The second-order valence-corrected chi connectivity index (χ2v) is 6.95. The predicted octanol–water partition coefficient (Wildman–Crippen LogP) is -1.28. The minimum absolute atomic E-state index is 0.162. The van der Waals surface area contributed by atoms with Crippen molar-refractivity contribution in [3.8, 4) is 0 Å². The van der Waals surface area contributed by atoms with Crippen LogP contribution >= 0.6 is 0 Å². The van der Waals surface area contributed by atoms with Crippen molar-refractivity contribution in [1.82, 2.24) is 31.1 Å². The quantitative estimate of drug-likeness (QED) is 0.171. The molecule has 188 valence electrons. The van der Waals surface area contributed by atoms with Gasteiger partial charge in [-0.05, 0) is 24.3 Å². The average molecular weight is 477 g/mol. The molecule has 0 aromatic carbocycles. The summed E-state index contributed by atoms with van der Waals surface area (Å²) in [6.07, 6.45) is 4.80. The Hall–Kier alpha value is -3.73. The van der Waals surface area contributed by atoms with Gasteiger partial charge in [-0.15, -0.1) is 0 Å². The zero-order valence-corrected chi connectivity index (χ0v) is 19.6. The molecule has 0 spiro atoms. The third kappa shape index (κ3) is 15.1. The van der Waals surface area contributed by atoms with Crippen LogP contribution in [-0.2, 0) is 24.0 Å². The number of nitrogens with zero attached hydrogens (tertiary/aromatic N) is 2. The van der Waals surface area contributed by atoms with E-state index in [4.69, 9.17) is 0 Å². The summed E-state index contributed by atoms with van der Waals surface area (Å²) in [5, 5.41) is 10.6. The first-order valence-electron chi connectivity index (χ1n) is 10.9. The molecule has 0 heterocycles. The van der Waals surface area contributed by atoms with Gasteiger partial charge in [0.25, 0.3) is 0 Å². The van der Waals surface area contributed by atoms with E-state index >= 15 is 0 Å². The number of nitrogens with one attached hydrogen (secondary N) is 4. The lowest BCUT2D eigenvalue weighted by Crippen LogP contribution is -2.44. The van der Waals surface area contributed by atoms with E-state index in [9.17, 15) is 24.0 Å². The number of hydrogen-bond donors (Lipinski definition) is 4. The molecule has 0 atom stereocenters. The van der Waals surface area contributed by atoms with Crippen molar-refractivity contribution in [1.29, 1.82) is 0 Å². The van der Waals surface area contributed by atoms with Crippen molar-refractivity contribution in [2.24, 2.45) is 0 Å². The monoisotopic (exact) mass is 476 g/mol. The van der Waals surface area contributed by atoms with Gasteiger partial charge in [0.1, 0.15) is 0 Å². The normalized spacial score (nSPS) is 9.91. The van der Waals surface area contributed by atoms with Gasteiger partial charge in [-0.3, -0.25) is 28.9 Å². The molecule has 0 fully saturated rings. The molecule has 0 rings (SSSR count). The van der Waals surface area contributed by atoms with Crippen molar-refractivity contribution in [3.05, 3.63) is 50.6 Å². The number of rotatable bonds is 19. The number of carbonyl (C=O) groups excluding carboxylic acids is 5. The minimum Gasteiger partial charge on any atom is -0.351 e. The molecule has 5 amide bonds. The van der Waals surface area contributed by atoms with Crippen LogP contribution in [-0.4, -0.2) is 98.2 Å². The largest absolute Gasteiger partial charge is 0.351 e. The standard InChI is InChI=1S/C23H36N6O5/c1-5-19(30)24-10-15-28(16-11-25-20(31)6-2)14-9-23(34)29(17-12-26-21(32)7-3)18-13-27-22(33)8-4/h5-8H,1-4,9-18H2,(H,24,30)(H,25,31)(H,26,32)(H,27,33). The SMILES string of the molecule is C=CC(=O)NCCN(CCNC(=O)C=C)CCC(=O)N(CCNC(=O)C=C)CCNC(=O)C=C. The molecule has 0 aromatic heterocycles. The first-order chi connectivity index (χ1) is 16.3. The Kier molecular flexibility index (Phi) is 16.7. The van der Waals surface area contributed by atoms with Gasteiger partial charge in [-0.1, -0.05) is 26.3 Å². The van der Waals surface area contributed by atoms with E-state index < -0.39 is 0 Å². The topological polar surface area (TPSA) is 140 Å². The van der Waals surface area contributed by atoms with Crippen LogP contribution in [0.25, 0.3) is 0 Å². The second-order valence-electron chi connectivity index (χ2n) is 6.95. The Bertz CT molecular complexity index is 700. The Labute approximate surface area is 201 Å². The highest BCUT2D eigenvalue weighted by Crippen LogP contribution is 1.98. The Morgan fingerprint density at radius 3 is 1.18 bits per heavy atom. The summed E-state index contributed by atoms with van der Waals surface area (Å²) in [5.74, 6) is -1.46. The molecule has 11 nitrogen and oxygen atoms in total. The van der Waals surface area contributed by atoms with Gasteiger partial charge < -0.3 is 26.2 Å². The maximum atomic E-state index is 12.9. The van der Waals surface area contributed by atoms with Crippen LogP contribution in [0.1, 0.15) is 6.42 Å². The third-order valence-electron chi connectivity index (χ3n) is 4.55. The smallest absolute Gasteiger partial charge is 0.243 e. The van der Waals surface area contributed by atoms with Gasteiger partial charge in [0.2, 0.25) is 29.5 Å². The van der Waals surface area contributed by atoms with E-state index in [1.165, 1.54) is 12.2 Å². The van der Waals surface area contributed by atoms with Crippen LogP contribution < -0.4 is 21.3 Å². The Balaban J connectivity index is 4.94. The molecular formula is C23H36N6O5. The van der Waals surface area contributed by atoms with Crippen LogP contribution in [0.3, 0.4) is 0 Å². The first kappa shape index (κ1) is 30.3. The van der Waals surface area contributed by atoms with Crippen LogP contribution in [0.4, 0.5) is 0 Å². The van der Waals surface area contributed by atoms with E-state index in [1.54, 1.807) is 4.90 Å². The highest BCUT2D eigenvalue weighted by molar-refractivity contribution is 5.88. The van der Waals surface area contributed by atoms with Gasteiger partial charge in [0, 0.05) is 65.3 Å². The van der Waals surface area contributed by atoms with Crippen LogP contribution in [0.2, 0.25) is 0 Å². The predicted molar refractivity (Wildman–Crippen MR) is 130 cm³/mol. The summed E-state index contributed by atoms with van der Waals surface area (Å²) in [7, 11) is 0. The Morgan fingerprint density at radius 2 is 0.853 bits per heavy atom. The molecule has 0 aromatic rings. The molecule has 0 bridgehead atoms. The summed E-state index contributed by atoms with van der Waals surface area (Å²) >= 11 is 0. The van der Waals surface area contributed by atoms with E-state index in [0.717, 1.165) is 12.2 Å². The Morgan fingerprint density at radius 1 is 0.529 bits per heavy atom. The van der Waals surface area contributed by atoms with Gasteiger partial charge in [-0.25, -0.2) is 0 Å². The van der Waals surface area contributed by atoms with Crippen LogP contribution in [0.15, 0.2) is 50.6 Å². The van der Waals surface area contributed by atoms with Gasteiger partial charge in [0.15, 0.2) is 0 Å². The fraction of sp³-hybridized carbons (Fsp3) is 0.435. The average Bonchev–Trinajstić information content (AvgIpc) is 2.84. The molecule has 4 N–H and O–H groups in total. The molecular weight excluding hydrogens is 440 g/mol. The zero-order valence-electron chi connectivity index (χ0n) is 19.6. The number of hydrogen-bond acceptors (Lipinski definition) is 6. The first-order valence-corrected chi connectivity index (χ1v) is 10.9. The van der Waals surface area contributed by atoms with Crippen molar-refractivity contribution in [2.75, 3.05) is 58.9 Å². The molecule has 0 aliphatic rings. The van der Waals surface area contributed by atoms with E-state index in [0.29, 0.717) is 32.7 Å². The molecule has 0 aliphatic heterocycles. The summed E-state index contributed by atoms with van der Waals surface area (Å²) in [6.45, 7) is 16.5. The molecule has 11 heteroatoms. The fourth-order valence-corrected chi connectivity index (χ4v) is 2.70. The molecule has 0 radical (unpaired) electrons. The molecule has 0 unspecified atom stereocenters. The third-order valence-corrected chi connectivity index (χ3v) is 4.55. The zero-order chi connectivity index (χ0) is 25.8. The highest BCUT2D eigenvalue weighted by Gasteiger charge is 2.16. The van der Waals surface area contributed by atoms with Gasteiger partial charge >= 0.3 is 0 Å². The van der Waals surface area contributed by atoms with Crippen molar-refractivity contribution in [2.45, 2.75) is 6.42 Å². The molecule has 0 saturated heterocycles. The second kappa shape index (κ2) is 18.8. The maximum Gasteiger partial charge on any atom is 0.243 e. The summed E-state index contributed by atoms with van der Waals surface area (Å²) in [5.41, 5.74) is 0. The molecule has 0 saturated carbocycles. The highest BCUT2D eigenvalue weighted by atomic mass is 16.2. The van der Waals surface area contributed by atoms with Crippen molar-refractivity contribution >= 4 is 29.5 Å². The minimum atomic E-state index is -0.346. The fourth-order valence-electron chi connectivity index (χ4n) is 2.70. The lowest BCUT2D eigenvalue weighted by molar-refractivity contribution is -0.132. The van der Waals surface area contributed by atoms with Crippen molar-refractivity contribution < 1.29 is 24.0 Å².